The first kappa shape index (κ1) is 20.7. The van der Waals surface area contributed by atoms with Gasteiger partial charge in [-0.2, -0.15) is 0 Å². The number of carbonyl (C=O) groups excluding carboxylic acids is 1. The van der Waals surface area contributed by atoms with Crippen molar-refractivity contribution in [3.63, 3.8) is 0 Å². The van der Waals surface area contributed by atoms with E-state index >= 15 is 0 Å². The van der Waals surface area contributed by atoms with Crippen LogP contribution in [0.3, 0.4) is 0 Å². The molecule has 0 saturated carbocycles. The van der Waals surface area contributed by atoms with Gasteiger partial charge in [-0.1, -0.05) is 51.9 Å². The molecular formula is C16H35NO2. The van der Waals surface area contributed by atoms with Gasteiger partial charge < -0.3 is 14.4 Å². The summed E-state index contributed by atoms with van der Waals surface area (Å²) in [5.74, 6) is -1.08. The maximum absolute atomic E-state index is 8.89. The molecule has 116 valence electrons. The predicted molar refractivity (Wildman–Crippen MR) is 80.8 cm³/mol. The molecule has 3 heteroatoms. The third kappa shape index (κ3) is 31.8. The van der Waals surface area contributed by atoms with Crippen LogP contribution in [0.15, 0.2) is 0 Å². The molecule has 0 N–H and O–H groups in total. The van der Waals surface area contributed by atoms with E-state index in [-0.39, 0.29) is 0 Å². The second-order valence-electron chi connectivity index (χ2n) is 6.33. The van der Waals surface area contributed by atoms with Crippen LogP contribution < -0.4 is 5.11 Å². The standard InChI is InChI=1S/C14H32N.C2H4O2/c1-5-6-7-8-9-10-11-12-13-14-15(2,3)4;1-2(3)4/h5-14H2,1-4H3;1H3,(H,3,4)/q+1;/p-1. The molecule has 0 fully saturated rings. The number of hydrogen-bond donors (Lipinski definition) is 0. The highest BCUT2D eigenvalue weighted by atomic mass is 16.4. The van der Waals surface area contributed by atoms with Gasteiger partial charge >= 0.3 is 0 Å². The smallest absolute Gasteiger partial charge is 0.0780 e. The fraction of sp³-hybridized carbons (Fsp3) is 0.938. The lowest BCUT2D eigenvalue weighted by Gasteiger charge is -2.23. The Bertz CT molecular complexity index is 193. The largest absolute Gasteiger partial charge is 0.550 e. The fourth-order valence-corrected chi connectivity index (χ4v) is 1.90. The Kier molecular flexibility index (Phi) is 15.1. The summed E-state index contributed by atoms with van der Waals surface area (Å²) in [6.45, 7) is 4.58. The zero-order valence-corrected chi connectivity index (χ0v) is 13.8. The van der Waals surface area contributed by atoms with Crippen molar-refractivity contribution in [3.05, 3.63) is 0 Å². The molecule has 3 nitrogen and oxygen atoms in total. The Morgan fingerprint density at radius 3 is 1.47 bits per heavy atom. The Balaban J connectivity index is 0. The summed E-state index contributed by atoms with van der Waals surface area (Å²) in [5.41, 5.74) is 0. The molecule has 0 aromatic heterocycles. The molecule has 0 unspecified atom stereocenters. The number of hydrogen-bond acceptors (Lipinski definition) is 2. The summed E-state index contributed by atoms with van der Waals surface area (Å²) in [4.78, 5) is 8.89. The van der Waals surface area contributed by atoms with E-state index in [1.165, 1.54) is 64.3 Å². The number of quaternary nitrogens is 1. The highest BCUT2D eigenvalue weighted by molar-refractivity contribution is 5.60. The van der Waals surface area contributed by atoms with Crippen LogP contribution in [0.2, 0.25) is 0 Å². The minimum absolute atomic E-state index is 0.972. The minimum Gasteiger partial charge on any atom is -0.550 e. The molecule has 0 saturated heterocycles. The lowest BCUT2D eigenvalue weighted by molar-refractivity contribution is -0.870. The summed E-state index contributed by atoms with van der Waals surface area (Å²) in [5, 5.41) is 8.89. The van der Waals surface area contributed by atoms with Gasteiger partial charge in [0.05, 0.1) is 27.7 Å². The Morgan fingerprint density at radius 2 is 1.16 bits per heavy atom. The molecule has 0 rings (SSSR count). The lowest BCUT2D eigenvalue weighted by atomic mass is 10.1. The van der Waals surface area contributed by atoms with Gasteiger partial charge in [0.2, 0.25) is 0 Å². The maximum atomic E-state index is 8.89. The molecule has 0 spiro atoms. The van der Waals surface area contributed by atoms with Crippen molar-refractivity contribution in [1.82, 2.24) is 0 Å². The first-order chi connectivity index (χ1) is 8.79. The van der Waals surface area contributed by atoms with Crippen molar-refractivity contribution >= 4 is 5.97 Å². The summed E-state index contributed by atoms with van der Waals surface area (Å²) < 4.78 is 1.12. The van der Waals surface area contributed by atoms with E-state index in [4.69, 9.17) is 9.90 Å². The summed E-state index contributed by atoms with van der Waals surface area (Å²) in [7, 11) is 6.85. The van der Waals surface area contributed by atoms with Crippen LogP contribution in [0.1, 0.15) is 71.6 Å². The molecular weight excluding hydrogens is 238 g/mol. The highest BCUT2D eigenvalue weighted by Gasteiger charge is 2.04. The Hall–Kier alpha value is -0.570. The van der Waals surface area contributed by atoms with Gasteiger partial charge in [-0.15, -0.1) is 0 Å². The van der Waals surface area contributed by atoms with Crippen molar-refractivity contribution in [1.29, 1.82) is 0 Å². The second kappa shape index (κ2) is 13.9. The predicted octanol–water partition coefficient (Wildman–Crippen LogP) is 2.98. The molecule has 0 aliphatic carbocycles. The maximum Gasteiger partial charge on any atom is 0.0780 e. The Morgan fingerprint density at radius 1 is 0.842 bits per heavy atom. The first-order valence-electron chi connectivity index (χ1n) is 7.77. The molecule has 0 heterocycles. The van der Waals surface area contributed by atoms with E-state index < -0.39 is 5.97 Å². The van der Waals surface area contributed by atoms with Crippen LogP contribution >= 0.6 is 0 Å². The van der Waals surface area contributed by atoms with Crippen molar-refractivity contribution in [2.75, 3.05) is 27.7 Å². The van der Waals surface area contributed by atoms with Crippen LogP contribution in [0.4, 0.5) is 0 Å². The van der Waals surface area contributed by atoms with Crippen molar-refractivity contribution in [2.24, 2.45) is 0 Å². The van der Waals surface area contributed by atoms with Crippen LogP contribution in [0.5, 0.6) is 0 Å². The molecule has 0 aliphatic rings. The number of carbonyl (C=O) groups is 1. The number of nitrogens with zero attached hydrogens (tertiary/aromatic N) is 1. The van der Waals surface area contributed by atoms with E-state index in [1.54, 1.807) is 0 Å². The Labute approximate surface area is 120 Å². The van der Waals surface area contributed by atoms with Crippen molar-refractivity contribution in [3.8, 4) is 0 Å². The van der Waals surface area contributed by atoms with Crippen LogP contribution in [0.25, 0.3) is 0 Å². The van der Waals surface area contributed by atoms with Gasteiger partial charge in [0.15, 0.2) is 0 Å². The number of aliphatic carboxylic acids is 1. The van der Waals surface area contributed by atoms with Gasteiger partial charge in [0, 0.05) is 5.97 Å². The molecule has 0 bridgehead atoms. The summed E-state index contributed by atoms with van der Waals surface area (Å²) >= 11 is 0. The van der Waals surface area contributed by atoms with Gasteiger partial charge in [-0.25, -0.2) is 0 Å². The van der Waals surface area contributed by atoms with Gasteiger partial charge in [-0.05, 0) is 19.8 Å². The minimum atomic E-state index is -1.08. The van der Waals surface area contributed by atoms with Gasteiger partial charge in [0.1, 0.15) is 0 Å². The second-order valence-corrected chi connectivity index (χ2v) is 6.33. The monoisotopic (exact) mass is 273 g/mol. The van der Waals surface area contributed by atoms with E-state index in [2.05, 4.69) is 28.1 Å². The van der Waals surface area contributed by atoms with E-state index in [1.807, 2.05) is 0 Å². The normalized spacial score (nSPS) is 10.8. The fourth-order valence-electron chi connectivity index (χ4n) is 1.90. The zero-order valence-electron chi connectivity index (χ0n) is 13.8. The quantitative estimate of drug-likeness (QED) is 0.453. The van der Waals surface area contributed by atoms with Crippen LogP contribution in [0, 0.1) is 0 Å². The third-order valence-corrected chi connectivity index (χ3v) is 2.93. The molecule has 0 amide bonds. The number of rotatable bonds is 10. The third-order valence-electron chi connectivity index (χ3n) is 2.93. The molecule has 0 radical (unpaired) electrons. The van der Waals surface area contributed by atoms with Gasteiger partial charge in [-0.3, -0.25) is 0 Å². The molecule has 0 aromatic rings. The summed E-state index contributed by atoms with van der Waals surface area (Å²) in [6, 6.07) is 0. The van der Waals surface area contributed by atoms with E-state index in [9.17, 15) is 0 Å². The SMILES string of the molecule is CC(=O)[O-].CCCCCCCCCCC[N+](C)(C)C. The van der Waals surface area contributed by atoms with E-state index in [0.717, 1.165) is 11.4 Å². The number of carboxylic acids is 1. The molecule has 0 aromatic carbocycles. The number of carboxylic acid groups (broad SMARTS) is 1. The molecule has 19 heavy (non-hydrogen) atoms. The molecule has 0 aliphatic heterocycles. The molecule has 0 atom stereocenters. The lowest BCUT2D eigenvalue weighted by Crippen LogP contribution is -2.35. The average Bonchev–Trinajstić information content (AvgIpc) is 2.24. The van der Waals surface area contributed by atoms with Crippen LogP contribution in [-0.4, -0.2) is 38.1 Å². The zero-order chi connectivity index (χ0) is 15.1. The topological polar surface area (TPSA) is 40.1 Å². The van der Waals surface area contributed by atoms with E-state index in [0.29, 0.717) is 0 Å². The number of unbranched alkanes of at least 4 members (excludes halogenated alkanes) is 8. The van der Waals surface area contributed by atoms with Gasteiger partial charge in [0.25, 0.3) is 0 Å². The first-order valence-corrected chi connectivity index (χ1v) is 7.77. The highest BCUT2D eigenvalue weighted by Crippen LogP contribution is 2.10. The van der Waals surface area contributed by atoms with Crippen LogP contribution in [-0.2, 0) is 4.79 Å². The average molecular weight is 273 g/mol. The summed E-state index contributed by atoms with van der Waals surface area (Å²) in [6.07, 6.45) is 12.9. The van der Waals surface area contributed by atoms with Crippen molar-refractivity contribution in [2.45, 2.75) is 71.6 Å². The van der Waals surface area contributed by atoms with Crippen molar-refractivity contribution < 1.29 is 14.4 Å².